The van der Waals surface area contributed by atoms with Gasteiger partial charge < -0.3 is 19.9 Å². The number of amides is 2. The fourth-order valence-corrected chi connectivity index (χ4v) is 5.45. The first kappa shape index (κ1) is 27.2. The van der Waals surface area contributed by atoms with E-state index in [9.17, 15) is 9.59 Å². The van der Waals surface area contributed by atoms with Crippen LogP contribution in [0.2, 0.25) is 0 Å². The molecule has 2 heterocycles. The number of benzene rings is 2. The molecular weight excluding hydrogens is 462 g/mol. The molecule has 6 heteroatoms. The molecular formula is C31H43N3O3. The van der Waals surface area contributed by atoms with Crippen LogP contribution < -0.4 is 10.1 Å². The van der Waals surface area contributed by atoms with Crippen molar-refractivity contribution in [2.24, 2.45) is 5.92 Å². The topological polar surface area (TPSA) is 61.9 Å². The molecule has 200 valence electrons. The summed E-state index contributed by atoms with van der Waals surface area (Å²) in [5, 5.41) is 3.06. The van der Waals surface area contributed by atoms with Gasteiger partial charge in [0.1, 0.15) is 5.75 Å². The van der Waals surface area contributed by atoms with Crippen molar-refractivity contribution in [2.45, 2.75) is 71.9 Å². The third kappa shape index (κ3) is 6.92. The number of nitrogens with one attached hydrogen (secondary N) is 1. The van der Waals surface area contributed by atoms with Crippen molar-refractivity contribution in [2.75, 3.05) is 32.7 Å². The number of aryl methyl sites for hydroxylation is 1. The molecule has 2 aromatic carbocycles. The van der Waals surface area contributed by atoms with Crippen molar-refractivity contribution >= 4 is 11.8 Å². The normalized spacial score (nSPS) is 18.5. The van der Waals surface area contributed by atoms with E-state index in [1.807, 2.05) is 17.9 Å². The van der Waals surface area contributed by atoms with Crippen molar-refractivity contribution in [1.82, 2.24) is 15.1 Å². The molecule has 0 bridgehead atoms. The first-order valence-corrected chi connectivity index (χ1v) is 14.0. The lowest BCUT2D eigenvalue weighted by Crippen LogP contribution is -2.42. The Morgan fingerprint density at radius 3 is 2.46 bits per heavy atom. The van der Waals surface area contributed by atoms with Gasteiger partial charge in [-0.1, -0.05) is 56.7 Å². The van der Waals surface area contributed by atoms with Crippen LogP contribution in [0.15, 0.2) is 42.5 Å². The average Bonchev–Trinajstić information content (AvgIpc) is 3.40. The van der Waals surface area contributed by atoms with Gasteiger partial charge in [-0.15, -0.1) is 0 Å². The highest BCUT2D eigenvalue weighted by Gasteiger charge is 2.33. The van der Waals surface area contributed by atoms with Crippen molar-refractivity contribution in [1.29, 1.82) is 0 Å². The Balaban J connectivity index is 1.53. The molecule has 2 aromatic rings. The van der Waals surface area contributed by atoms with Crippen LogP contribution in [0, 0.1) is 12.8 Å². The third-order valence-corrected chi connectivity index (χ3v) is 7.51. The molecule has 0 unspecified atom stereocenters. The van der Waals surface area contributed by atoms with E-state index in [1.54, 1.807) is 0 Å². The van der Waals surface area contributed by atoms with Crippen LogP contribution in [0.25, 0.3) is 0 Å². The van der Waals surface area contributed by atoms with Gasteiger partial charge in [0.15, 0.2) is 6.10 Å². The summed E-state index contributed by atoms with van der Waals surface area (Å²) in [5.74, 6) is 1.09. The quantitative estimate of drug-likeness (QED) is 0.500. The van der Waals surface area contributed by atoms with Crippen molar-refractivity contribution in [3.8, 4) is 5.75 Å². The maximum absolute atomic E-state index is 13.3. The maximum atomic E-state index is 13.3. The minimum Gasteiger partial charge on any atom is -0.481 e. The largest absolute Gasteiger partial charge is 0.481 e. The van der Waals surface area contributed by atoms with E-state index in [-0.39, 0.29) is 17.9 Å². The van der Waals surface area contributed by atoms with E-state index in [1.165, 1.54) is 24.0 Å². The molecule has 4 rings (SSSR count). The van der Waals surface area contributed by atoms with Gasteiger partial charge in [-0.05, 0) is 80.4 Å². The molecule has 0 aliphatic carbocycles. The molecule has 2 aliphatic heterocycles. The zero-order valence-electron chi connectivity index (χ0n) is 23.0. The standard InChI is InChI=1S/C31H43N3O3/c1-5-28(31(36)32-15-19-33-16-6-7-17-33)37-26-13-12-24-14-18-34(29(35)20-22(2)3)30(27(24)21-26)25-10-8-23(4)9-11-25/h8-13,21-22,28,30H,5-7,14-20H2,1-4H3,(H,32,36)/t28-,30+/m0/s1. The minimum atomic E-state index is -0.545. The molecule has 1 N–H and O–H groups in total. The molecule has 37 heavy (non-hydrogen) atoms. The summed E-state index contributed by atoms with van der Waals surface area (Å²) < 4.78 is 6.25. The van der Waals surface area contributed by atoms with Crippen LogP contribution in [0.5, 0.6) is 5.75 Å². The van der Waals surface area contributed by atoms with Gasteiger partial charge in [-0.3, -0.25) is 9.59 Å². The predicted octanol–water partition coefficient (Wildman–Crippen LogP) is 4.88. The summed E-state index contributed by atoms with van der Waals surface area (Å²) in [6.45, 7) is 12.7. The molecule has 0 radical (unpaired) electrons. The number of carbonyl (C=O) groups is 2. The molecule has 0 aromatic heterocycles. The summed E-state index contributed by atoms with van der Waals surface area (Å²) in [6.07, 6.45) is 3.89. The maximum Gasteiger partial charge on any atom is 0.261 e. The SMILES string of the molecule is CC[C@H](Oc1ccc2c(c1)[C@@H](c1ccc(C)cc1)N(C(=O)CC(C)C)CC2)C(=O)NCCN1CCCC1. The summed E-state index contributed by atoms with van der Waals surface area (Å²) in [6, 6.07) is 14.4. The van der Waals surface area contributed by atoms with E-state index in [4.69, 9.17) is 4.74 Å². The van der Waals surface area contributed by atoms with Crippen LogP contribution in [-0.4, -0.2) is 60.4 Å². The average molecular weight is 506 g/mol. The second-order valence-electron chi connectivity index (χ2n) is 11.0. The summed E-state index contributed by atoms with van der Waals surface area (Å²) in [5.41, 5.74) is 4.62. The van der Waals surface area contributed by atoms with Crippen LogP contribution in [0.4, 0.5) is 0 Å². The number of carbonyl (C=O) groups excluding carboxylic acids is 2. The fraction of sp³-hybridized carbons (Fsp3) is 0.548. The van der Waals surface area contributed by atoms with Gasteiger partial charge in [0.2, 0.25) is 5.91 Å². The van der Waals surface area contributed by atoms with E-state index in [0.717, 1.165) is 37.2 Å². The Kier molecular flexibility index (Phi) is 9.25. The lowest BCUT2D eigenvalue weighted by Gasteiger charge is -2.38. The molecule has 1 saturated heterocycles. The molecule has 2 aliphatic rings. The van der Waals surface area contributed by atoms with E-state index >= 15 is 0 Å². The molecule has 0 spiro atoms. The lowest BCUT2D eigenvalue weighted by molar-refractivity contribution is -0.134. The number of hydrogen-bond donors (Lipinski definition) is 1. The first-order chi connectivity index (χ1) is 17.9. The van der Waals surface area contributed by atoms with Crippen LogP contribution >= 0.6 is 0 Å². The number of fused-ring (bicyclic) bond motifs is 1. The molecule has 1 fully saturated rings. The van der Waals surface area contributed by atoms with Crippen LogP contribution in [0.1, 0.15) is 74.8 Å². The number of likely N-dealkylation sites (tertiary alicyclic amines) is 1. The summed E-state index contributed by atoms with van der Waals surface area (Å²) >= 11 is 0. The summed E-state index contributed by atoms with van der Waals surface area (Å²) in [7, 11) is 0. The number of ether oxygens (including phenoxy) is 1. The van der Waals surface area contributed by atoms with Gasteiger partial charge in [-0.2, -0.15) is 0 Å². The Bertz CT molecular complexity index is 1060. The van der Waals surface area contributed by atoms with Crippen molar-refractivity contribution < 1.29 is 14.3 Å². The first-order valence-electron chi connectivity index (χ1n) is 14.0. The van der Waals surface area contributed by atoms with Gasteiger partial charge in [0.05, 0.1) is 6.04 Å². The Morgan fingerprint density at radius 1 is 1.05 bits per heavy atom. The smallest absolute Gasteiger partial charge is 0.261 e. The Morgan fingerprint density at radius 2 is 1.78 bits per heavy atom. The zero-order valence-corrected chi connectivity index (χ0v) is 23.0. The highest BCUT2D eigenvalue weighted by atomic mass is 16.5. The second kappa shape index (κ2) is 12.6. The zero-order chi connectivity index (χ0) is 26.4. The third-order valence-electron chi connectivity index (χ3n) is 7.51. The molecule has 2 atom stereocenters. The highest BCUT2D eigenvalue weighted by Crippen LogP contribution is 2.38. The molecule has 0 saturated carbocycles. The monoisotopic (exact) mass is 505 g/mol. The van der Waals surface area contributed by atoms with E-state index < -0.39 is 6.10 Å². The van der Waals surface area contributed by atoms with Crippen LogP contribution in [0.3, 0.4) is 0 Å². The van der Waals surface area contributed by atoms with Gasteiger partial charge >= 0.3 is 0 Å². The highest BCUT2D eigenvalue weighted by molar-refractivity contribution is 5.81. The fourth-order valence-electron chi connectivity index (χ4n) is 5.45. The van der Waals surface area contributed by atoms with E-state index in [2.05, 4.69) is 67.4 Å². The van der Waals surface area contributed by atoms with Gasteiger partial charge in [0, 0.05) is 26.1 Å². The van der Waals surface area contributed by atoms with Crippen molar-refractivity contribution in [3.05, 3.63) is 64.7 Å². The minimum absolute atomic E-state index is 0.0664. The number of nitrogens with zero attached hydrogens (tertiary/aromatic N) is 2. The molecule has 6 nitrogen and oxygen atoms in total. The molecule has 2 amide bonds. The van der Waals surface area contributed by atoms with Gasteiger partial charge in [-0.25, -0.2) is 0 Å². The predicted molar refractivity (Wildman–Crippen MR) is 148 cm³/mol. The Hall–Kier alpha value is -2.86. The lowest BCUT2D eigenvalue weighted by atomic mass is 9.87. The second-order valence-corrected chi connectivity index (χ2v) is 11.0. The van der Waals surface area contributed by atoms with Crippen LogP contribution in [-0.2, 0) is 16.0 Å². The number of hydrogen-bond acceptors (Lipinski definition) is 4. The Labute approximate surface area is 222 Å². The van der Waals surface area contributed by atoms with E-state index in [0.29, 0.717) is 37.6 Å². The summed E-state index contributed by atoms with van der Waals surface area (Å²) in [4.78, 5) is 30.6. The van der Waals surface area contributed by atoms with Crippen molar-refractivity contribution in [3.63, 3.8) is 0 Å². The number of rotatable bonds is 10. The van der Waals surface area contributed by atoms with Gasteiger partial charge in [0.25, 0.3) is 5.91 Å².